The van der Waals surface area contributed by atoms with Crippen molar-refractivity contribution in [2.45, 2.75) is 0 Å². The SMILES string of the molecule is N#Cc1cc(F)cc(Nc2ncnc3[nH]ncc23)c1. The molecule has 0 fully saturated rings. The van der Waals surface area contributed by atoms with Crippen molar-refractivity contribution in [1.29, 1.82) is 5.26 Å². The zero-order valence-corrected chi connectivity index (χ0v) is 9.55. The summed E-state index contributed by atoms with van der Waals surface area (Å²) in [5.41, 5.74) is 1.26. The predicted octanol–water partition coefficient (Wildman–Crippen LogP) is 2.11. The fourth-order valence-corrected chi connectivity index (χ4v) is 1.73. The van der Waals surface area contributed by atoms with Gasteiger partial charge >= 0.3 is 0 Å². The van der Waals surface area contributed by atoms with Crippen LogP contribution >= 0.6 is 0 Å². The molecule has 0 aliphatic rings. The van der Waals surface area contributed by atoms with Crippen LogP contribution < -0.4 is 5.32 Å². The Balaban J connectivity index is 2.04. The molecule has 0 aliphatic heterocycles. The van der Waals surface area contributed by atoms with Gasteiger partial charge in [0.05, 0.1) is 23.2 Å². The summed E-state index contributed by atoms with van der Waals surface area (Å²) in [6.45, 7) is 0. The molecule has 0 atom stereocenters. The summed E-state index contributed by atoms with van der Waals surface area (Å²) >= 11 is 0. The molecule has 0 bridgehead atoms. The van der Waals surface area contributed by atoms with Crippen molar-refractivity contribution >= 4 is 22.5 Å². The molecule has 0 spiro atoms. The van der Waals surface area contributed by atoms with Crippen LogP contribution in [0.15, 0.2) is 30.7 Å². The average Bonchev–Trinajstić information content (AvgIpc) is 2.87. The van der Waals surface area contributed by atoms with Crippen LogP contribution in [0.2, 0.25) is 0 Å². The molecule has 0 amide bonds. The first-order valence-corrected chi connectivity index (χ1v) is 5.38. The smallest absolute Gasteiger partial charge is 0.160 e. The molecule has 0 saturated heterocycles. The van der Waals surface area contributed by atoms with Gasteiger partial charge in [-0.2, -0.15) is 10.4 Å². The average molecular weight is 254 g/mol. The number of anilines is 2. The van der Waals surface area contributed by atoms with Crippen LogP contribution in [0.1, 0.15) is 5.56 Å². The lowest BCUT2D eigenvalue weighted by Gasteiger charge is -2.06. The third kappa shape index (κ3) is 2.07. The Morgan fingerprint density at radius 2 is 2.16 bits per heavy atom. The fraction of sp³-hybridized carbons (Fsp3) is 0. The highest BCUT2D eigenvalue weighted by Gasteiger charge is 2.07. The standard InChI is InChI=1S/C12H7FN6/c13-8-1-7(4-14)2-9(3-8)18-11-10-5-17-19-12(10)16-6-15-11/h1-3,5-6H,(H2,15,16,17,18,19). The van der Waals surface area contributed by atoms with Gasteiger partial charge in [-0.1, -0.05) is 0 Å². The lowest BCUT2D eigenvalue weighted by molar-refractivity contribution is 0.628. The molecule has 0 unspecified atom stereocenters. The van der Waals surface area contributed by atoms with Gasteiger partial charge in [-0.05, 0) is 18.2 Å². The molecule has 7 heteroatoms. The third-order valence-electron chi connectivity index (χ3n) is 2.54. The lowest BCUT2D eigenvalue weighted by atomic mass is 10.2. The van der Waals surface area contributed by atoms with Crippen LogP contribution in [0, 0.1) is 17.1 Å². The van der Waals surface area contributed by atoms with Crippen LogP contribution in [-0.2, 0) is 0 Å². The first kappa shape index (κ1) is 11.1. The molecule has 6 nitrogen and oxygen atoms in total. The van der Waals surface area contributed by atoms with Gasteiger partial charge in [0.15, 0.2) is 5.65 Å². The van der Waals surface area contributed by atoms with Gasteiger partial charge in [-0.3, -0.25) is 5.10 Å². The summed E-state index contributed by atoms with van der Waals surface area (Å²) in [4.78, 5) is 8.07. The van der Waals surface area contributed by atoms with Crippen molar-refractivity contribution in [3.63, 3.8) is 0 Å². The second kappa shape index (κ2) is 4.34. The van der Waals surface area contributed by atoms with Crippen molar-refractivity contribution in [3.8, 4) is 6.07 Å². The fourth-order valence-electron chi connectivity index (χ4n) is 1.73. The van der Waals surface area contributed by atoms with E-state index in [1.807, 2.05) is 6.07 Å². The Morgan fingerprint density at radius 3 is 3.00 bits per heavy atom. The molecular weight excluding hydrogens is 247 g/mol. The Kier molecular flexibility index (Phi) is 2.54. The quantitative estimate of drug-likeness (QED) is 0.730. The number of fused-ring (bicyclic) bond motifs is 1. The maximum absolute atomic E-state index is 13.3. The van der Waals surface area contributed by atoms with Gasteiger partial charge in [0, 0.05) is 5.69 Å². The van der Waals surface area contributed by atoms with E-state index in [0.717, 1.165) is 0 Å². The number of rotatable bonds is 2. The van der Waals surface area contributed by atoms with Gasteiger partial charge in [0.2, 0.25) is 0 Å². The number of aromatic amines is 1. The van der Waals surface area contributed by atoms with E-state index in [1.54, 1.807) is 6.20 Å². The third-order valence-corrected chi connectivity index (χ3v) is 2.54. The molecule has 92 valence electrons. The minimum absolute atomic E-state index is 0.236. The zero-order chi connectivity index (χ0) is 13.2. The van der Waals surface area contributed by atoms with Crippen molar-refractivity contribution in [2.24, 2.45) is 0 Å². The van der Waals surface area contributed by atoms with Crippen molar-refractivity contribution in [3.05, 3.63) is 42.1 Å². The predicted molar refractivity (Wildman–Crippen MR) is 66.1 cm³/mol. The topological polar surface area (TPSA) is 90.3 Å². The van der Waals surface area contributed by atoms with Gasteiger partial charge in [-0.15, -0.1) is 0 Å². The van der Waals surface area contributed by atoms with E-state index in [2.05, 4.69) is 25.5 Å². The van der Waals surface area contributed by atoms with E-state index >= 15 is 0 Å². The Hall–Kier alpha value is -3.01. The Morgan fingerprint density at radius 1 is 1.26 bits per heavy atom. The Labute approximate surface area is 106 Å². The molecule has 19 heavy (non-hydrogen) atoms. The van der Waals surface area contributed by atoms with Gasteiger partial charge in [0.1, 0.15) is 18.0 Å². The summed E-state index contributed by atoms with van der Waals surface area (Å²) in [7, 11) is 0. The number of hydrogen-bond donors (Lipinski definition) is 2. The van der Waals surface area contributed by atoms with E-state index in [1.165, 1.54) is 24.5 Å². The van der Waals surface area contributed by atoms with E-state index in [4.69, 9.17) is 5.26 Å². The van der Waals surface area contributed by atoms with Crippen molar-refractivity contribution in [1.82, 2.24) is 20.2 Å². The maximum Gasteiger partial charge on any atom is 0.160 e. The van der Waals surface area contributed by atoms with E-state index in [-0.39, 0.29) is 5.56 Å². The highest BCUT2D eigenvalue weighted by atomic mass is 19.1. The molecular formula is C12H7FN6. The van der Waals surface area contributed by atoms with Crippen LogP contribution in [0.3, 0.4) is 0 Å². The van der Waals surface area contributed by atoms with Crippen molar-refractivity contribution < 1.29 is 4.39 Å². The summed E-state index contributed by atoms with van der Waals surface area (Å²) < 4.78 is 13.3. The minimum Gasteiger partial charge on any atom is -0.339 e. The molecule has 3 rings (SSSR count). The van der Waals surface area contributed by atoms with Crippen LogP contribution in [0.25, 0.3) is 11.0 Å². The lowest BCUT2D eigenvalue weighted by Crippen LogP contribution is -1.96. The number of halogens is 1. The number of nitriles is 1. The van der Waals surface area contributed by atoms with Crippen LogP contribution in [-0.4, -0.2) is 20.2 Å². The number of benzene rings is 1. The first-order chi connectivity index (χ1) is 9.26. The Bertz CT molecular complexity index is 788. The van der Waals surface area contributed by atoms with E-state index < -0.39 is 5.82 Å². The minimum atomic E-state index is -0.487. The molecule has 1 aromatic carbocycles. The second-order valence-corrected chi connectivity index (χ2v) is 3.82. The van der Waals surface area contributed by atoms with Crippen molar-refractivity contribution in [2.75, 3.05) is 5.32 Å². The molecule has 0 aliphatic carbocycles. The molecule has 0 saturated carbocycles. The van der Waals surface area contributed by atoms with E-state index in [0.29, 0.717) is 22.5 Å². The largest absolute Gasteiger partial charge is 0.339 e. The van der Waals surface area contributed by atoms with Gasteiger partial charge in [-0.25, -0.2) is 14.4 Å². The summed E-state index contributed by atoms with van der Waals surface area (Å²) in [5.74, 6) is 0.00674. The summed E-state index contributed by atoms with van der Waals surface area (Å²) in [5, 5.41) is 19.0. The van der Waals surface area contributed by atoms with E-state index in [9.17, 15) is 4.39 Å². The molecule has 0 radical (unpaired) electrons. The second-order valence-electron chi connectivity index (χ2n) is 3.82. The number of H-pyrrole nitrogens is 1. The monoisotopic (exact) mass is 254 g/mol. The number of hydrogen-bond acceptors (Lipinski definition) is 5. The first-order valence-electron chi connectivity index (χ1n) is 5.38. The number of nitrogens with zero attached hydrogens (tertiary/aromatic N) is 4. The van der Waals surface area contributed by atoms with Gasteiger partial charge < -0.3 is 5.32 Å². The molecule has 2 aromatic heterocycles. The summed E-state index contributed by atoms with van der Waals surface area (Å²) in [6, 6.07) is 5.89. The highest BCUT2D eigenvalue weighted by molar-refractivity contribution is 5.87. The highest BCUT2D eigenvalue weighted by Crippen LogP contribution is 2.22. The normalized spacial score (nSPS) is 10.3. The number of nitrogens with one attached hydrogen (secondary N) is 2. The molecule has 3 aromatic rings. The van der Waals surface area contributed by atoms with Gasteiger partial charge in [0.25, 0.3) is 0 Å². The molecule has 2 N–H and O–H groups in total. The maximum atomic E-state index is 13.3. The molecule has 2 heterocycles. The van der Waals surface area contributed by atoms with Crippen LogP contribution in [0.4, 0.5) is 15.9 Å². The summed E-state index contributed by atoms with van der Waals surface area (Å²) in [6.07, 6.45) is 2.94. The number of aromatic nitrogens is 4. The van der Waals surface area contributed by atoms with Crippen LogP contribution in [0.5, 0.6) is 0 Å². The zero-order valence-electron chi connectivity index (χ0n) is 9.55.